The van der Waals surface area contributed by atoms with Crippen LogP contribution in [-0.2, 0) is 27.4 Å². The van der Waals surface area contributed by atoms with Crippen LogP contribution in [0.4, 0.5) is 0 Å². The van der Waals surface area contributed by atoms with E-state index in [1.807, 2.05) is 32.9 Å². The van der Waals surface area contributed by atoms with Gasteiger partial charge in [-0.3, -0.25) is 14.5 Å². The van der Waals surface area contributed by atoms with Gasteiger partial charge in [0.25, 0.3) is 0 Å². The van der Waals surface area contributed by atoms with Crippen molar-refractivity contribution >= 4 is 11.8 Å². The maximum absolute atomic E-state index is 12.1. The Labute approximate surface area is 156 Å². The molecule has 1 aromatic carbocycles. The third-order valence-electron chi connectivity index (χ3n) is 4.41. The lowest BCUT2D eigenvalue weighted by molar-refractivity contribution is -0.128. The number of carbonyl (C=O) groups is 2. The molecule has 1 aliphatic rings. The maximum atomic E-state index is 12.1. The molecule has 1 heterocycles. The SMILES string of the molecule is CC(C)(C)C(=O)NCCC(=O)NCc1ccccc1CN1CCOCC1. The summed E-state index contributed by atoms with van der Waals surface area (Å²) in [5, 5.41) is 5.75. The topological polar surface area (TPSA) is 70.7 Å². The molecular weight excluding hydrogens is 330 g/mol. The Morgan fingerprint density at radius 3 is 2.38 bits per heavy atom. The number of nitrogens with one attached hydrogen (secondary N) is 2. The molecule has 144 valence electrons. The van der Waals surface area contributed by atoms with Crippen molar-refractivity contribution in [3.8, 4) is 0 Å². The number of nitrogens with zero attached hydrogens (tertiary/aromatic N) is 1. The monoisotopic (exact) mass is 361 g/mol. The first-order chi connectivity index (χ1) is 12.4. The van der Waals surface area contributed by atoms with Gasteiger partial charge in [0.2, 0.25) is 11.8 Å². The number of hydrogen-bond acceptors (Lipinski definition) is 4. The average molecular weight is 361 g/mol. The van der Waals surface area contributed by atoms with Crippen LogP contribution >= 0.6 is 0 Å². The Balaban J connectivity index is 1.78. The van der Waals surface area contributed by atoms with Crippen molar-refractivity contribution in [2.75, 3.05) is 32.8 Å². The molecule has 2 rings (SSSR count). The Bertz CT molecular complexity index is 605. The standard InChI is InChI=1S/C20H31N3O3/c1-20(2,3)19(25)21-9-8-18(24)22-14-16-6-4-5-7-17(16)15-23-10-12-26-13-11-23/h4-7H,8-15H2,1-3H3,(H,21,25)(H,22,24). The summed E-state index contributed by atoms with van der Waals surface area (Å²) in [6.07, 6.45) is 0.285. The molecular formula is C20H31N3O3. The summed E-state index contributed by atoms with van der Waals surface area (Å²) in [6.45, 7) is 10.7. The first-order valence-corrected chi connectivity index (χ1v) is 9.28. The van der Waals surface area contributed by atoms with Crippen LogP contribution in [0.2, 0.25) is 0 Å². The minimum absolute atomic E-state index is 0.0406. The van der Waals surface area contributed by atoms with E-state index in [-0.39, 0.29) is 18.2 Å². The highest BCUT2D eigenvalue weighted by molar-refractivity contribution is 5.82. The predicted octanol–water partition coefficient (Wildman–Crippen LogP) is 1.69. The largest absolute Gasteiger partial charge is 0.379 e. The molecule has 0 aromatic heterocycles. The van der Waals surface area contributed by atoms with Gasteiger partial charge < -0.3 is 15.4 Å². The summed E-state index contributed by atoms with van der Waals surface area (Å²) in [5.41, 5.74) is 1.93. The Morgan fingerprint density at radius 1 is 1.08 bits per heavy atom. The van der Waals surface area contributed by atoms with Gasteiger partial charge in [-0.15, -0.1) is 0 Å². The number of rotatable bonds is 7. The summed E-state index contributed by atoms with van der Waals surface area (Å²) >= 11 is 0. The van der Waals surface area contributed by atoms with Crippen LogP contribution in [0.3, 0.4) is 0 Å². The van der Waals surface area contributed by atoms with Gasteiger partial charge in [-0.05, 0) is 11.1 Å². The highest BCUT2D eigenvalue weighted by Gasteiger charge is 2.20. The van der Waals surface area contributed by atoms with Crippen LogP contribution < -0.4 is 10.6 Å². The summed E-state index contributed by atoms with van der Waals surface area (Å²) in [7, 11) is 0. The van der Waals surface area contributed by atoms with E-state index in [1.165, 1.54) is 5.56 Å². The van der Waals surface area contributed by atoms with Crippen LogP contribution in [0.15, 0.2) is 24.3 Å². The quantitative estimate of drug-likeness (QED) is 0.775. The van der Waals surface area contributed by atoms with Crippen molar-refractivity contribution in [2.45, 2.75) is 40.3 Å². The van der Waals surface area contributed by atoms with E-state index in [2.05, 4.69) is 27.7 Å². The van der Waals surface area contributed by atoms with Gasteiger partial charge in [0, 0.05) is 44.6 Å². The van der Waals surface area contributed by atoms with Gasteiger partial charge in [-0.1, -0.05) is 45.0 Å². The van der Waals surface area contributed by atoms with Crippen LogP contribution in [0.25, 0.3) is 0 Å². The van der Waals surface area contributed by atoms with Crippen LogP contribution in [-0.4, -0.2) is 49.6 Å². The lowest BCUT2D eigenvalue weighted by Crippen LogP contribution is -2.37. The lowest BCUT2D eigenvalue weighted by atomic mass is 9.96. The smallest absolute Gasteiger partial charge is 0.225 e. The molecule has 1 aliphatic heterocycles. The highest BCUT2D eigenvalue weighted by atomic mass is 16.5. The molecule has 0 unspecified atom stereocenters. The summed E-state index contributed by atoms with van der Waals surface area (Å²) < 4.78 is 5.39. The fraction of sp³-hybridized carbons (Fsp3) is 0.600. The summed E-state index contributed by atoms with van der Waals surface area (Å²) in [6, 6.07) is 8.19. The average Bonchev–Trinajstić information content (AvgIpc) is 2.61. The molecule has 6 heteroatoms. The third kappa shape index (κ3) is 6.77. The summed E-state index contributed by atoms with van der Waals surface area (Å²) in [4.78, 5) is 26.2. The summed E-state index contributed by atoms with van der Waals surface area (Å²) in [5.74, 6) is -0.0958. The molecule has 2 amide bonds. The number of amides is 2. The van der Waals surface area contributed by atoms with E-state index >= 15 is 0 Å². The molecule has 0 bridgehead atoms. The molecule has 0 atom stereocenters. The van der Waals surface area contributed by atoms with Gasteiger partial charge >= 0.3 is 0 Å². The van der Waals surface area contributed by atoms with Crippen molar-refractivity contribution in [1.29, 1.82) is 0 Å². The van der Waals surface area contributed by atoms with Crippen molar-refractivity contribution in [2.24, 2.45) is 5.41 Å². The van der Waals surface area contributed by atoms with E-state index in [0.29, 0.717) is 13.1 Å². The molecule has 1 saturated heterocycles. The molecule has 6 nitrogen and oxygen atoms in total. The number of ether oxygens (including phenoxy) is 1. The first-order valence-electron chi connectivity index (χ1n) is 9.28. The second-order valence-electron chi connectivity index (χ2n) is 7.69. The van der Waals surface area contributed by atoms with Gasteiger partial charge in [0.1, 0.15) is 0 Å². The highest BCUT2D eigenvalue weighted by Crippen LogP contribution is 2.13. The zero-order valence-corrected chi connectivity index (χ0v) is 16.1. The minimum atomic E-state index is -0.436. The Morgan fingerprint density at radius 2 is 1.73 bits per heavy atom. The first kappa shape index (κ1) is 20.4. The molecule has 1 aromatic rings. The normalized spacial score (nSPS) is 15.5. The lowest BCUT2D eigenvalue weighted by Gasteiger charge is -2.27. The second-order valence-corrected chi connectivity index (χ2v) is 7.69. The molecule has 1 fully saturated rings. The third-order valence-corrected chi connectivity index (χ3v) is 4.41. The number of benzene rings is 1. The van der Waals surface area contributed by atoms with Crippen LogP contribution in [0.5, 0.6) is 0 Å². The van der Waals surface area contributed by atoms with E-state index in [4.69, 9.17) is 4.74 Å². The predicted molar refractivity (Wildman–Crippen MR) is 101 cm³/mol. The van der Waals surface area contributed by atoms with Crippen LogP contribution in [0.1, 0.15) is 38.3 Å². The van der Waals surface area contributed by atoms with Crippen molar-refractivity contribution in [3.05, 3.63) is 35.4 Å². The number of morpholine rings is 1. The van der Waals surface area contributed by atoms with Gasteiger partial charge in [-0.25, -0.2) is 0 Å². The maximum Gasteiger partial charge on any atom is 0.225 e. The molecule has 2 N–H and O–H groups in total. The van der Waals surface area contributed by atoms with Crippen molar-refractivity contribution in [1.82, 2.24) is 15.5 Å². The zero-order valence-electron chi connectivity index (χ0n) is 16.1. The van der Waals surface area contributed by atoms with Gasteiger partial charge in [0.15, 0.2) is 0 Å². The van der Waals surface area contributed by atoms with E-state index in [1.54, 1.807) is 0 Å². The minimum Gasteiger partial charge on any atom is -0.379 e. The Kier molecular flexibility index (Phi) is 7.60. The van der Waals surface area contributed by atoms with E-state index < -0.39 is 5.41 Å². The number of carbonyl (C=O) groups excluding carboxylic acids is 2. The zero-order chi connectivity index (χ0) is 19.0. The van der Waals surface area contributed by atoms with Gasteiger partial charge in [0.05, 0.1) is 13.2 Å². The second kappa shape index (κ2) is 9.69. The molecule has 0 radical (unpaired) electrons. The van der Waals surface area contributed by atoms with E-state index in [9.17, 15) is 9.59 Å². The Hall–Kier alpha value is -1.92. The number of hydrogen-bond donors (Lipinski definition) is 2. The molecule has 0 saturated carbocycles. The van der Waals surface area contributed by atoms with E-state index in [0.717, 1.165) is 38.4 Å². The molecule has 26 heavy (non-hydrogen) atoms. The molecule has 0 aliphatic carbocycles. The van der Waals surface area contributed by atoms with Crippen molar-refractivity contribution in [3.63, 3.8) is 0 Å². The molecule has 0 spiro atoms. The van der Waals surface area contributed by atoms with Gasteiger partial charge in [-0.2, -0.15) is 0 Å². The fourth-order valence-electron chi connectivity index (χ4n) is 2.72. The van der Waals surface area contributed by atoms with Crippen molar-refractivity contribution < 1.29 is 14.3 Å². The van der Waals surface area contributed by atoms with Crippen LogP contribution in [0, 0.1) is 5.41 Å². The fourth-order valence-corrected chi connectivity index (χ4v) is 2.72.